The summed E-state index contributed by atoms with van der Waals surface area (Å²) >= 11 is 0. The molecule has 2 N–H and O–H groups in total. The van der Waals surface area contributed by atoms with E-state index in [0.717, 1.165) is 32.5 Å². The maximum Gasteiger partial charge on any atom is 0.217 e. The predicted molar refractivity (Wildman–Crippen MR) is 71.5 cm³/mol. The first-order valence-electron chi connectivity index (χ1n) is 6.10. The van der Waals surface area contributed by atoms with Crippen molar-refractivity contribution < 1.29 is 4.79 Å². The third-order valence-corrected chi connectivity index (χ3v) is 3.20. The van der Waals surface area contributed by atoms with Crippen LogP contribution in [0.4, 0.5) is 0 Å². The summed E-state index contributed by atoms with van der Waals surface area (Å²) in [5.74, 6) is 0.293. The molecule has 0 atom stereocenters. The molecule has 0 bridgehead atoms. The number of nitrogens with two attached hydrogens (primary N) is 1. The second-order valence-electron chi connectivity index (χ2n) is 4.57. The lowest BCUT2D eigenvalue weighted by atomic mass is 9.93. The number of nitrogens with zero attached hydrogens (tertiary/aromatic N) is 1. The van der Waals surface area contributed by atoms with Gasteiger partial charge in [-0.1, -0.05) is 31.4 Å². The largest absolute Gasteiger partial charge is 0.370 e. The number of amides is 1. The molecular weight excluding hydrogens is 212 g/mol. The van der Waals surface area contributed by atoms with Crippen LogP contribution in [0, 0.1) is 5.92 Å². The van der Waals surface area contributed by atoms with Crippen LogP contribution in [0.25, 0.3) is 0 Å². The van der Waals surface area contributed by atoms with E-state index in [0.29, 0.717) is 12.3 Å². The van der Waals surface area contributed by atoms with Crippen molar-refractivity contribution in [1.82, 2.24) is 4.90 Å². The van der Waals surface area contributed by atoms with Gasteiger partial charge in [-0.15, -0.1) is 0 Å². The number of hydrogen-bond donors (Lipinski definition) is 1. The molecule has 1 saturated heterocycles. The second kappa shape index (κ2) is 7.07. The number of hydrogen-bond acceptors (Lipinski definition) is 2. The van der Waals surface area contributed by atoms with E-state index in [4.69, 9.17) is 5.73 Å². The van der Waals surface area contributed by atoms with Crippen LogP contribution in [0.3, 0.4) is 0 Å². The quantitative estimate of drug-likeness (QED) is 0.713. The Kier molecular flexibility index (Phi) is 5.70. The van der Waals surface area contributed by atoms with Gasteiger partial charge in [0.15, 0.2) is 0 Å². The predicted octanol–water partition coefficient (Wildman–Crippen LogP) is 1.87. The lowest BCUT2D eigenvalue weighted by Gasteiger charge is -2.31. The summed E-state index contributed by atoms with van der Waals surface area (Å²) in [5, 5.41) is 0. The first kappa shape index (κ1) is 13.7. The average Bonchev–Trinajstić information content (AvgIpc) is 2.30. The highest BCUT2D eigenvalue weighted by atomic mass is 16.1. The summed E-state index contributed by atoms with van der Waals surface area (Å²) < 4.78 is 0. The van der Waals surface area contributed by atoms with Gasteiger partial charge in [-0.3, -0.25) is 9.69 Å². The highest BCUT2D eigenvalue weighted by Crippen LogP contribution is 2.20. The Hall–Kier alpha value is -1.35. The second-order valence-corrected chi connectivity index (χ2v) is 4.57. The standard InChI is InChI=1S/C14H22N2O/c1-3-5-12(4-2)11-16-8-6-13(7-9-16)10-14(15)17/h3-5,13H,1-2,6-11H2,(H2,15,17)/b12-5+. The van der Waals surface area contributed by atoms with Gasteiger partial charge in [-0.05, 0) is 37.4 Å². The number of likely N-dealkylation sites (tertiary alicyclic amines) is 1. The Morgan fingerprint density at radius 1 is 1.35 bits per heavy atom. The molecule has 1 aliphatic rings. The van der Waals surface area contributed by atoms with Crippen molar-refractivity contribution in [2.75, 3.05) is 19.6 Å². The maximum atomic E-state index is 10.8. The van der Waals surface area contributed by atoms with Crippen LogP contribution in [0.2, 0.25) is 0 Å². The van der Waals surface area contributed by atoms with E-state index in [2.05, 4.69) is 18.1 Å². The molecule has 1 aliphatic heterocycles. The topological polar surface area (TPSA) is 46.3 Å². The van der Waals surface area contributed by atoms with Crippen molar-refractivity contribution >= 4 is 5.91 Å². The van der Waals surface area contributed by atoms with Crippen LogP contribution in [0.5, 0.6) is 0 Å². The molecule has 3 heteroatoms. The SMILES string of the molecule is C=C/C=C(\C=C)CN1CCC(CC(N)=O)CC1. The van der Waals surface area contributed by atoms with Crippen LogP contribution in [0.1, 0.15) is 19.3 Å². The van der Waals surface area contributed by atoms with Gasteiger partial charge < -0.3 is 5.73 Å². The fourth-order valence-electron chi connectivity index (χ4n) is 2.23. The molecule has 0 unspecified atom stereocenters. The Balaban J connectivity index is 2.36. The normalized spacial score (nSPS) is 18.9. The first-order valence-corrected chi connectivity index (χ1v) is 6.10. The van der Waals surface area contributed by atoms with Crippen LogP contribution < -0.4 is 5.73 Å². The highest BCUT2D eigenvalue weighted by Gasteiger charge is 2.20. The van der Waals surface area contributed by atoms with Gasteiger partial charge in [0.2, 0.25) is 5.91 Å². The van der Waals surface area contributed by atoms with Gasteiger partial charge in [-0.25, -0.2) is 0 Å². The van der Waals surface area contributed by atoms with Gasteiger partial charge in [0.25, 0.3) is 0 Å². The number of rotatable bonds is 6. The van der Waals surface area contributed by atoms with Crippen molar-refractivity contribution in [2.45, 2.75) is 19.3 Å². The molecule has 0 aromatic rings. The molecule has 1 fully saturated rings. The van der Waals surface area contributed by atoms with E-state index in [1.54, 1.807) is 6.08 Å². The number of primary amides is 1. The third kappa shape index (κ3) is 5.00. The van der Waals surface area contributed by atoms with E-state index in [9.17, 15) is 4.79 Å². The van der Waals surface area contributed by atoms with Gasteiger partial charge in [0, 0.05) is 13.0 Å². The summed E-state index contributed by atoms with van der Waals surface area (Å²) in [6, 6.07) is 0. The van der Waals surface area contributed by atoms with Crippen molar-refractivity contribution in [3.8, 4) is 0 Å². The molecule has 0 saturated carbocycles. The zero-order chi connectivity index (χ0) is 12.7. The molecule has 0 aromatic heterocycles. The van der Waals surface area contributed by atoms with Gasteiger partial charge in [-0.2, -0.15) is 0 Å². The molecule has 0 radical (unpaired) electrons. The zero-order valence-electron chi connectivity index (χ0n) is 10.4. The van der Waals surface area contributed by atoms with Crippen LogP contribution in [-0.2, 0) is 4.79 Å². The van der Waals surface area contributed by atoms with Crippen LogP contribution >= 0.6 is 0 Å². The molecule has 0 spiro atoms. The molecular formula is C14H22N2O. The lowest BCUT2D eigenvalue weighted by Crippen LogP contribution is -2.36. The molecule has 1 amide bonds. The molecule has 17 heavy (non-hydrogen) atoms. The van der Waals surface area contributed by atoms with E-state index < -0.39 is 0 Å². The van der Waals surface area contributed by atoms with Crippen LogP contribution in [-0.4, -0.2) is 30.4 Å². The summed E-state index contributed by atoms with van der Waals surface area (Å²) in [7, 11) is 0. The third-order valence-electron chi connectivity index (χ3n) is 3.20. The molecule has 3 nitrogen and oxygen atoms in total. The van der Waals surface area contributed by atoms with E-state index in [1.165, 1.54) is 5.57 Å². The van der Waals surface area contributed by atoms with E-state index >= 15 is 0 Å². The number of allylic oxidation sites excluding steroid dienone is 2. The van der Waals surface area contributed by atoms with Gasteiger partial charge >= 0.3 is 0 Å². The summed E-state index contributed by atoms with van der Waals surface area (Å²) in [5.41, 5.74) is 6.40. The average molecular weight is 234 g/mol. The Morgan fingerprint density at radius 3 is 2.47 bits per heavy atom. The molecule has 1 rings (SSSR count). The fraction of sp³-hybridized carbons (Fsp3) is 0.500. The first-order chi connectivity index (χ1) is 8.15. The van der Waals surface area contributed by atoms with Crippen LogP contribution in [0.15, 0.2) is 37.0 Å². The summed E-state index contributed by atoms with van der Waals surface area (Å²) in [6.07, 6.45) is 8.30. The fourth-order valence-corrected chi connectivity index (χ4v) is 2.23. The highest BCUT2D eigenvalue weighted by molar-refractivity contribution is 5.73. The number of carbonyl (C=O) groups is 1. The number of piperidine rings is 1. The maximum absolute atomic E-state index is 10.8. The zero-order valence-corrected chi connectivity index (χ0v) is 10.4. The van der Waals surface area contributed by atoms with E-state index in [-0.39, 0.29) is 5.91 Å². The van der Waals surface area contributed by atoms with Crippen molar-refractivity contribution in [3.63, 3.8) is 0 Å². The number of carbonyl (C=O) groups excluding carboxylic acids is 1. The molecule has 0 aliphatic carbocycles. The Morgan fingerprint density at radius 2 is 2.00 bits per heavy atom. The minimum Gasteiger partial charge on any atom is -0.370 e. The minimum atomic E-state index is -0.179. The smallest absolute Gasteiger partial charge is 0.217 e. The summed E-state index contributed by atoms with van der Waals surface area (Å²) in [6.45, 7) is 10.5. The molecule has 94 valence electrons. The van der Waals surface area contributed by atoms with Crippen molar-refractivity contribution in [3.05, 3.63) is 37.0 Å². The van der Waals surface area contributed by atoms with Crippen molar-refractivity contribution in [1.29, 1.82) is 0 Å². The molecule has 1 heterocycles. The van der Waals surface area contributed by atoms with Gasteiger partial charge in [0.05, 0.1) is 0 Å². The minimum absolute atomic E-state index is 0.179. The van der Waals surface area contributed by atoms with Crippen molar-refractivity contribution in [2.24, 2.45) is 11.7 Å². The lowest BCUT2D eigenvalue weighted by molar-refractivity contribution is -0.119. The van der Waals surface area contributed by atoms with Gasteiger partial charge in [0.1, 0.15) is 0 Å². The monoisotopic (exact) mass is 234 g/mol. The Bertz CT molecular complexity index is 312. The Labute approximate surface area is 104 Å². The summed E-state index contributed by atoms with van der Waals surface area (Å²) in [4.78, 5) is 13.2. The van der Waals surface area contributed by atoms with E-state index in [1.807, 2.05) is 12.2 Å². The molecule has 0 aromatic carbocycles.